The van der Waals surface area contributed by atoms with Gasteiger partial charge < -0.3 is 24.8 Å². The maximum Gasteiger partial charge on any atom is 0.252 e. The van der Waals surface area contributed by atoms with Crippen LogP contribution in [-0.2, 0) is 0 Å². The number of nitrogens with zero attached hydrogens (tertiary/aromatic N) is 2. The minimum absolute atomic E-state index is 0.0280. The van der Waals surface area contributed by atoms with Crippen molar-refractivity contribution in [1.82, 2.24) is 0 Å². The zero-order chi connectivity index (χ0) is 25.8. The summed E-state index contributed by atoms with van der Waals surface area (Å²) >= 11 is 0. The predicted molar refractivity (Wildman–Crippen MR) is 130 cm³/mol. The SMILES string of the molecule is COc1c(C(N)=O)ccc(-c2cc(C#N)ccc2N2CCC(Oc3ccc(F)cc3F)CC2)c1OC. The Bertz CT molecular complexity index is 1330. The molecule has 1 saturated heterocycles. The molecule has 3 aromatic carbocycles. The van der Waals surface area contributed by atoms with Gasteiger partial charge in [0.25, 0.3) is 5.91 Å². The second kappa shape index (κ2) is 10.5. The zero-order valence-electron chi connectivity index (χ0n) is 19.9. The van der Waals surface area contributed by atoms with Crippen molar-refractivity contribution in [3.05, 3.63) is 71.3 Å². The van der Waals surface area contributed by atoms with Crippen LogP contribution in [0, 0.1) is 23.0 Å². The highest BCUT2D eigenvalue weighted by Gasteiger charge is 2.26. The lowest BCUT2D eigenvalue weighted by molar-refractivity contribution is 0.0996. The summed E-state index contributed by atoms with van der Waals surface area (Å²) in [7, 11) is 2.90. The van der Waals surface area contributed by atoms with Gasteiger partial charge in [-0.1, -0.05) is 0 Å². The molecule has 3 aromatic rings. The molecule has 0 bridgehead atoms. The van der Waals surface area contributed by atoms with Crippen molar-refractivity contribution in [2.45, 2.75) is 18.9 Å². The van der Waals surface area contributed by atoms with Gasteiger partial charge in [0.05, 0.1) is 31.4 Å². The minimum Gasteiger partial charge on any atom is -0.492 e. The number of hydrogen-bond donors (Lipinski definition) is 1. The molecule has 1 amide bonds. The van der Waals surface area contributed by atoms with Gasteiger partial charge in [-0.15, -0.1) is 0 Å². The normalized spacial score (nSPS) is 13.7. The van der Waals surface area contributed by atoms with Gasteiger partial charge in [-0.2, -0.15) is 5.26 Å². The largest absolute Gasteiger partial charge is 0.492 e. The maximum absolute atomic E-state index is 14.0. The molecule has 0 atom stereocenters. The Morgan fingerprint density at radius 1 is 1.00 bits per heavy atom. The number of hydrogen-bond acceptors (Lipinski definition) is 6. The Balaban J connectivity index is 1.65. The second-order valence-electron chi connectivity index (χ2n) is 8.31. The smallest absolute Gasteiger partial charge is 0.252 e. The van der Waals surface area contributed by atoms with Crippen molar-refractivity contribution in [3.8, 4) is 34.4 Å². The molecular formula is C27H25F2N3O4. The number of amides is 1. The van der Waals surface area contributed by atoms with Gasteiger partial charge in [0.1, 0.15) is 11.9 Å². The Morgan fingerprint density at radius 3 is 2.33 bits per heavy atom. The maximum atomic E-state index is 14.0. The van der Waals surface area contributed by atoms with Crippen LogP contribution in [0.5, 0.6) is 17.2 Å². The van der Waals surface area contributed by atoms with Gasteiger partial charge in [0, 0.05) is 48.8 Å². The molecule has 0 aromatic heterocycles. The number of primary amides is 1. The molecule has 1 heterocycles. The molecule has 186 valence electrons. The number of piperidine rings is 1. The van der Waals surface area contributed by atoms with E-state index in [1.54, 1.807) is 24.3 Å². The standard InChI is InChI=1S/C27H25F2N3O4/c1-34-25-19(5-6-20(27(31)33)26(25)35-2)21-13-16(15-30)3-7-23(21)32-11-9-18(10-12-32)36-24-8-4-17(28)14-22(24)29/h3-8,13-14,18H,9-12H2,1-2H3,(H2,31,33). The number of rotatable bonds is 7. The summed E-state index contributed by atoms with van der Waals surface area (Å²) in [6.45, 7) is 1.20. The monoisotopic (exact) mass is 493 g/mol. The zero-order valence-corrected chi connectivity index (χ0v) is 19.9. The van der Waals surface area contributed by atoms with Gasteiger partial charge >= 0.3 is 0 Å². The number of methoxy groups -OCH3 is 2. The third-order valence-electron chi connectivity index (χ3n) is 6.17. The van der Waals surface area contributed by atoms with E-state index in [-0.39, 0.29) is 23.2 Å². The average Bonchev–Trinajstić information content (AvgIpc) is 2.89. The molecule has 1 fully saturated rings. The predicted octanol–water partition coefficient (Wildman–Crippen LogP) is 4.67. The van der Waals surface area contributed by atoms with Crippen LogP contribution >= 0.6 is 0 Å². The lowest BCUT2D eigenvalue weighted by Crippen LogP contribution is -2.38. The number of ether oxygens (including phenoxy) is 3. The first-order valence-corrected chi connectivity index (χ1v) is 11.3. The molecule has 0 unspecified atom stereocenters. The van der Waals surface area contributed by atoms with E-state index in [2.05, 4.69) is 11.0 Å². The molecule has 9 heteroatoms. The summed E-state index contributed by atoms with van der Waals surface area (Å²) in [5.41, 5.74) is 8.36. The first kappa shape index (κ1) is 24.8. The van der Waals surface area contributed by atoms with E-state index in [0.717, 1.165) is 17.3 Å². The highest BCUT2D eigenvalue weighted by Crippen LogP contribution is 2.44. The number of halogens is 2. The summed E-state index contributed by atoms with van der Waals surface area (Å²) in [4.78, 5) is 14.0. The van der Waals surface area contributed by atoms with Crippen molar-refractivity contribution in [1.29, 1.82) is 5.26 Å². The van der Waals surface area contributed by atoms with E-state index < -0.39 is 17.5 Å². The fourth-order valence-electron chi connectivity index (χ4n) is 4.44. The molecule has 1 aliphatic rings. The van der Waals surface area contributed by atoms with Crippen LogP contribution < -0.4 is 24.8 Å². The average molecular weight is 494 g/mol. The van der Waals surface area contributed by atoms with Crippen LogP contribution in [0.15, 0.2) is 48.5 Å². The van der Waals surface area contributed by atoms with Gasteiger partial charge in [-0.3, -0.25) is 4.79 Å². The van der Waals surface area contributed by atoms with Crippen molar-refractivity contribution in [3.63, 3.8) is 0 Å². The van der Waals surface area contributed by atoms with E-state index in [9.17, 15) is 18.8 Å². The van der Waals surface area contributed by atoms with Gasteiger partial charge in [-0.25, -0.2) is 8.78 Å². The summed E-state index contributed by atoms with van der Waals surface area (Å²) < 4.78 is 44.1. The molecule has 36 heavy (non-hydrogen) atoms. The molecule has 2 N–H and O–H groups in total. The Labute approximate surface area is 207 Å². The minimum atomic E-state index is -0.729. The van der Waals surface area contributed by atoms with Crippen molar-refractivity contribution in [2.24, 2.45) is 5.73 Å². The molecule has 7 nitrogen and oxygen atoms in total. The lowest BCUT2D eigenvalue weighted by Gasteiger charge is -2.35. The van der Waals surface area contributed by atoms with Crippen LogP contribution in [0.2, 0.25) is 0 Å². The van der Waals surface area contributed by atoms with Gasteiger partial charge in [0.2, 0.25) is 0 Å². The van der Waals surface area contributed by atoms with Gasteiger partial charge in [0.15, 0.2) is 23.1 Å². The molecule has 0 spiro atoms. The molecule has 1 aliphatic heterocycles. The second-order valence-corrected chi connectivity index (χ2v) is 8.31. The van der Waals surface area contributed by atoms with Crippen LogP contribution in [0.1, 0.15) is 28.8 Å². The number of carbonyl (C=O) groups excluding carboxylic acids is 1. The van der Waals surface area contributed by atoms with Crippen molar-refractivity contribution >= 4 is 11.6 Å². The van der Waals surface area contributed by atoms with Crippen LogP contribution in [0.25, 0.3) is 11.1 Å². The molecule has 0 radical (unpaired) electrons. The fraction of sp³-hybridized carbons (Fsp3) is 0.259. The number of nitriles is 1. The number of nitrogens with two attached hydrogens (primary N) is 1. The first-order chi connectivity index (χ1) is 17.4. The molecule has 0 saturated carbocycles. The van der Waals surface area contributed by atoms with E-state index in [4.69, 9.17) is 19.9 Å². The summed E-state index contributed by atoms with van der Waals surface area (Å²) in [6, 6.07) is 14.1. The number of anilines is 1. The van der Waals surface area contributed by atoms with Crippen LogP contribution in [-0.4, -0.2) is 39.3 Å². The topological polar surface area (TPSA) is 97.8 Å². The third kappa shape index (κ3) is 4.89. The Hall–Kier alpha value is -4.32. The molecule has 4 rings (SSSR count). The summed E-state index contributed by atoms with van der Waals surface area (Å²) in [5, 5.41) is 9.52. The van der Waals surface area contributed by atoms with E-state index in [1.807, 2.05) is 6.07 Å². The van der Waals surface area contributed by atoms with Crippen LogP contribution in [0.3, 0.4) is 0 Å². The van der Waals surface area contributed by atoms with Crippen molar-refractivity contribution in [2.75, 3.05) is 32.2 Å². The quantitative estimate of drug-likeness (QED) is 0.514. The summed E-state index contributed by atoms with van der Waals surface area (Å²) in [5.74, 6) is -1.46. The lowest BCUT2D eigenvalue weighted by atomic mass is 9.96. The Kier molecular flexibility index (Phi) is 7.25. The number of carbonyl (C=O) groups is 1. The Morgan fingerprint density at radius 2 is 1.72 bits per heavy atom. The molecule has 0 aliphatic carbocycles. The van der Waals surface area contributed by atoms with E-state index in [0.29, 0.717) is 42.8 Å². The fourth-order valence-corrected chi connectivity index (χ4v) is 4.44. The van der Waals surface area contributed by atoms with E-state index in [1.165, 1.54) is 26.4 Å². The first-order valence-electron chi connectivity index (χ1n) is 11.3. The summed E-state index contributed by atoms with van der Waals surface area (Å²) in [6.07, 6.45) is 0.988. The van der Waals surface area contributed by atoms with E-state index >= 15 is 0 Å². The van der Waals surface area contributed by atoms with Crippen LogP contribution in [0.4, 0.5) is 14.5 Å². The highest BCUT2D eigenvalue weighted by atomic mass is 19.1. The highest BCUT2D eigenvalue weighted by molar-refractivity contribution is 5.99. The van der Waals surface area contributed by atoms with Crippen molar-refractivity contribution < 1.29 is 27.8 Å². The molecular weight excluding hydrogens is 468 g/mol. The third-order valence-corrected chi connectivity index (χ3v) is 6.17. The van der Waals surface area contributed by atoms with Gasteiger partial charge in [-0.05, 0) is 42.5 Å². The number of benzene rings is 3.